The average molecular weight is 391 g/mol. The van der Waals surface area contributed by atoms with Gasteiger partial charge in [-0.25, -0.2) is 8.42 Å². The predicted molar refractivity (Wildman–Crippen MR) is 87.6 cm³/mol. The summed E-state index contributed by atoms with van der Waals surface area (Å²) in [6, 6.07) is 5.22. The minimum absolute atomic E-state index is 0.0857. The molecule has 1 aromatic carbocycles. The summed E-state index contributed by atoms with van der Waals surface area (Å²) in [5, 5.41) is 0. The lowest BCUT2D eigenvalue weighted by atomic mass is 10.1. The zero-order chi connectivity index (χ0) is 16.3. The molecule has 1 aliphatic heterocycles. The largest absolute Gasteiger partial charge is 0.497 e. The van der Waals surface area contributed by atoms with Gasteiger partial charge in [0.25, 0.3) is 5.91 Å². The normalized spacial score (nSPS) is 16.6. The molecule has 6 nitrogen and oxygen atoms in total. The molecule has 1 amide bonds. The van der Waals surface area contributed by atoms with Gasteiger partial charge in [-0.05, 0) is 41.1 Å². The summed E-state index contributed by atoms with van der Waals surface area (Å²) < 4.78 is 31.0. The third kappa shape index (κ3) is 3.61. The summed E-state index contributed by atoms with van der Waals surface area (Å²) in [5.41, 5.74) is 0.520. The van der Waals surface area contributed by atoms with Crippen molar-refractivity contribution < 1.29 is 17.9 Å². The van der Waals surface area contributed by atoms with Gasteiger partial charge in [-0.1, -0.05) is 0 Å². The molecule has 0 radical (unpaired) electrons. The maximum atomic E-state index is 12.6. The van der Waals surface area contributed by atoms with Gasteiger partial charge in [-0.3, -0.25) is 4.79 Å². The molecule has 22 heavy (non-hydrogen) atoms. The lowest BCUT2D eigenvalue weighted by Crippen LogP contribution is -2.50. The Morgan fingerprint density at radius 3 is 2.45 bits per heavy atom. The first-order valence-corrected chi connectivity index (χ1v) is 9.40. The molecule has 1 saturated heterocycles. The molecule has 2 rings (SSSR count). The first-order chi connectivity index (χ1) is 10.4. The number of hydrogen-bond acceptors (Lipinski definition) is 4. The Balaban J connectivity index is 2.10. The summed E-state index contributed by atoms with van der Waals surface area (Å²) in [7, 11) is -1.64. The van der Waals surface area contributed by atoms with E-state index in [1.54, 1.807) is 37.1 Å². The minimum atomic E-state index is -3.19. The number of nitrogens with zero attached hydrogens (tertiary/aromatic N) is 2. The van der Waals surface area contributed by atoms with Gasteiger partial charge in [-0.15, -0.1) is 0 Å². The highest BCUT2D eigenvalue weighted by Gasteiger charge is 2.28. The van der Waals surface area contributed by atoms with Crippen molar-refractivity contribution in [1.29, 1.82) is 0 Å². The van der Waals surface area contributed by atoms with E-state index in [1.165, 1.54) is 4.31 Å². The lowest BCUT2D eigenvalue weighted by Gasteiger charge is -2.34. The molecule has 1 fully saturated rings. The van der Waals surface area contributed by atoms with Crippen LogP contribution in [0.5, 0.6) is 5.75 Å². The molecule has 8 heteroatoms. The number of benzene rings is 1. The number of methoxy groups -OCH3 is 1. The SMILES string of the molecule is CCS(=O)(=O)N1CCN(C(=O)c2cc(OC)ccc2Br)CC1. The van der Waals surface area contributed by atoms with Crippen LogP contribution in [-0.2, 0) is 10.0 Å². The van der Waals surface area contributed by atoms with Crippen LogP contribution >= 0.6 is 15.9 Å². The average Bonchev–Trinajstić information content (AvgIpc) is 2.55. The van der Waals surface area contributed by atoms with Crippen LogP contribution < -0.4 is 4.74 Å². The van der Waals surface area contributed by atoms with Crippen molar-refractivity contribution in [3.05, 3.63) is 28.2 Å². The molecule has 0 saturated carbocycles. The number of sulfonamides is 1. The fourth-order valence-corrected chi connectivity index (χ4v) is 3.82. The smallest absolute Gasteiger partial charge is 0.255 e. The molecule has 0 unspecified atom stereocenters. The zero-order valence-electron chi connectivity index (χ0n) is 12.6. The fraction of sp³-hybridized carbons (Fsp3) is 0.500. The van der Waals surface area contributed by atoms with Crippen molar-refractivity contribution in [1.82, 2.24) is 9.21 Å². The van der Waals surface area contributed by atoms with Crippen molar-refractivity contribution in [2.45, 2.75) is 6.92 Å². The van der Waals surface area contributed by atoms with E-state index < -0.39 is 10.0 Å². The van der Waals surface area contributed by atoms with E-state index in [0.717, 1.165) is 0 Å². The highest BCUT2D eigenvalue weighted by atomic mass is 79.9. The van der Waals surface area contributed by atoms with Crippen molar-refractivity contribution >= 4 is 31.9 Å². The summed E-state index contributed by atoms with van der Waals surface area (Å²) in [5.74, 6) is 0.570. The van der Waals surface area contributed by atoms with Crippen LogP contribution in [0, 0.1) is 0 Å². The molecule has 0 bridgehead atoms. The molecule has 1 heterocycles. The Hall–Kier alpha value is -1.12. The number of amides is 1. The third-order valence-corrected chi connectivity index (χ3v) is 6.26. The molecular weight excluding hydrogens is 372 g/mol. The molecular formula is C14H19BrN2O4S. The van der Waals surface area contributed by atoms with Gasteiger partial charge in [0.1, 0.15) is 5.75 Å². The number of halogens is 1. The molecule has 0 N–H and O–H groups in total. The number of carbonyl (C=O) groups excluding carboxylic acids is 1. The lowest BCUT2D eigenvalue weighted by molar-refractivity contribution is 0.0696. The summed E-state index contributed by atoms with van der Waals surface area (Å²) in [6.45, 7) is 3.08. The van der Waals surface area contributed by atoms with E-state index in [4.69, 9.17) is 4.74 Å². The van der Waals surface area contributed by atoms with Crippen molar-refractivity contribution in [3.63, 3.8) is 0 Å². The minimum Gasteiger partial charge on any atom is -0.497 e. The van der Waals surface area contributed by atoms with Gasteiger partial charge in [-0.2, -0.15) is 4.31 Å². The first kappa shape index (κ1) is 17.2. The van der Waals surface area contributed by atoms with Gasteiger partial charge < -0.3 is 9.64 Å². The van der Waals surface area contributed by atoms with E-state index in [0.29, 0.717) is 42.0 Å². The topological polar surface area (TPSA) is 66.9 Å². The van der Waals surface area contributed by atoms with E-state index in [1.807, 2.05) is 0 Å². The van der Waals surface area contributed by atoms with E-state index >= 15 is 0 Å². The summed E-state index contributed by atoms with van der Waals surface area (Å²) >= 11 is 3.37. The number of hydrogen-bond donors (Lipinski definition) is 0. The Kier molecular flexibility index (Phi) is 5.46. The maximum Gasteiger partial charge on any atom is 0.255 e. The van der Waals surface area contributed by atoms with E-state index in [-0.39, 0.29) is 11.7 Å². The van der Waals surface area contributed by atoms with Crippen LogP contribution in [0.25, 0.3) is 0 Å². The second kappa shape index (κ2) is 6.97. The van der Waals surface area contributed by atoms with Crippen LogP contribution in [-0.4, -0.2) is 62.6 Å². The Bertz CT molecular complexity index is 655. The Labute approximate surface area is 139 Å². The monoisotopic (exact) mass is 390 g/mol. The summed E-state index contributed by atoms with van der Waals surface area (Å²) in [6.07, 6.45) is 0. The number of ether oxygens (including phenoxy) is 1. The molecule has 122 valence electrons. The van der Waals surface area contributed by atoms with Gasteiger partial charge in [0.05, 0.1) is 18.4 Å². The van der Waals surface area contributed by atoms with Gasteiger partial charge >= 0.3 is 0 Å². The van der Waals surface area contributed by atoms with Crippen molar-refractivity contribution in [2.24, 2.45) is 0 Å². The van der Waals surface area contributed by atoms with Crippen molar-refractivity contribution in [2.75, 3.05) is 39.0 Å². The predicted octanol–water partition coefficient (Wildman–Crippen LogP) is 1.57. The molecule has 1 aliphatic rings. The second-order valence-electron chi connectivity index (χ2n) is 4.94. The Morgan fingerprint density at radius 1 is 1.27 bits per heavy atom. The highest BCUT2D eigenvalue weighted by Crippen LogP contribution is 2.24. The number of piperazine rings is 1. The van der Waals surface area contributed by atoms with Crippen LogP contribution in [0.1, 0.15) is 17.3 Å². The third-order valence-electron chi connectivity index (χ3n) is 3.69. The quantitative estimate of drug-likeness (QED) is 0.782. The van der Waals surface area contributed by atoms with E-state index in [2.05, 4.69) is 15.9 Å². The standard InChI is InChI=1S/C14H19BrN2O4S/c1-3-22(19,20)17-8-6-16(7-9-17)14(18)12-10-11(21-2)4-5-13(12)15/h4-5,10H,3,6-9H2,1-2H3. The maximum absolute atomic E-state index is 12.6. The van der Waals surface area contributed by atoms with Gasteiger partial charge in [0.15, 0.2) is 0 Å². The second-order valence-corrected chi connectivity index (χ2v) is 8.05. The van der Waals surface area contributed by atoms with Crippen LogP contribution in [0.4, 0.5) is 0 Å². The molecule has 0 aliphatic carbocycles. The van der Waals surface area contributed by atoms with Gasteiger partial charge in [0, 0.05) is 30.7 Å². The molecule has 0 atom stereocenters. The van der Waals surface area contributed by atoms with E-state index in [9.17, 15) is 13.2 Å². The van der Waals surface area contributed by atoms with Crippen LogP contribution in [0.3, 0.4) is 0 Å². The zero-order valence-corrected chi connectivity index (χ0v) is 15.0. The van der Waals surface area contributed by atoms with Gasteiger partial charge in [0.2, 0.25) is 10.0 Å². The molecule has 1 aromatic rings. The molecule has 0 aromatic heterocycles. The number of rotatable bonds is 4. The Morgan fingerprint density at radius 2 is 1.91 bits per heavy atom. The van der Waals surface area contributed by atoms with Crippen LogP contribution in [0.15, 0.2) is 22.7 Å². The number of carbonyl (C=O) groups is 1. The van der Waals surface area contributed by atoms with Crippen molar-refractivity contribution in [3.8, 4) is 5.75 Å². The van der Waals surface area contributed by atoms with Crippen LogP contribution in [0.2, 0.25) is 0 Å². The summed E-state index contributed by atoms with van der Waals surface area (Å²) in [4.78, 5) is 14.3. The molecule has 0 spiro atoms. The fourth-order valence-electron chi connectivity index (χ4n) is 2.32. The first-order valence-electron chi connectivity index (χ1n) is 6.99. The highest BCUT2D eigenvalue weighted by molar-refractivity contribution is 9.10.